The Kier molecular flexibility index (Phi) is 8.08. The van der Waals surface area contributed by atoms with Crippen LogP contribution in [0.15, 0.2) is 41.8 Å². The predicted octanol–water partition coefficient (Wildman–Crippen LogP) is 2.81. The second-order valence-electron chi connectivity index (χ2n) is 6.95. The zero-order chi connectivity index (χ0) is 18.9. The van der Waals surface area contributed by atoms with Crippen LogP contribution in [0.3, 0.4) is 0 Å². The molecule has 0 bridgehead atoms. The number of aryl methyl sites for hydroxylation is 1. The first-order valence-electron chi connectivity index (χ1n) is 9.83. The van der Waals surface area contributed by atoms with Crippen LogP contribution in [0.5, 0.6) is 0 Å². The minimum atomic E-state index is 0.810. The van der Waals surface area contributed by atoms with E-state index in [-0.39, 0.29) is 0 Å². The average molecular weight is 405 g/mol. The van der Waals surface area contributed by atoms with Crippen LogP contribution in [-0.2, 0) is 17.7 Å². The molecule has 0 radical (unpaired) electrons. The number of hydrogen-bond donors (Lipinski definition) is 2. The van der Waals surface area contributed by atoms with E-state index < -0.39 is 0 Å². The Labute approximate surface area is 172 Å². The fraction of sp³-hybridized carbons (Fsp3) is 0.476. The van der Waals surface area contributed by atoms with E-state index in [2.05, 4.69) is 58.9 Å². The standard InChI is InChI=1S/C21H29N3OS2/c1-2-18-6-8-19(9-7-18)22-21(26)24(17-20-5-3-16-27-20)11-4-10-23-12-14-25-15-13-23/h3,5-9,16H,2,4,10-15,17H2,1H3,(H,22,26)/p+1. The number of hydrogen-bond acceptors (Lipinski definition) is 3. The Balaban J connectivity index is 1.56. The van der Waals surface area contributed by atoms with E-state index in [1.165, 1.54) is 17.0 Å². The molecule has 1 aromatic heterocycles. The van der Waals surface area contributed by atoms with Gasteiger partial charge in [-0.1, -0.05) is 25.1 Å². The van der Waals surface area contributed by atoms with Gasteiger partial charge in [-0.05, 0) is 47.8 Å². The van der Waals surface area contributed by atoms with Crippen molar-refractivity contribution in [2.75, 3.05) is 44.7 Å². The summed E-state index contributed by atoms with van der Waals surface area (Å²) in [5.74, 6) is 0. The first-order chi connectivity index (χ1) is 13.2. The summed E-state index contributed by atoms with van der Waals surface area (Å²) in [6.45, 7) is 9.22. The molecule has 1 aliphatic heterocycles. The van der Waals surface area contributed by atoms with Gasteiger partial charge in [0.1, 0.15) is 13.1 Å². The SMILES string of the molecule is CCc1ccc(NC(=S)N(CCC[NH+]2CCOCC2)Cc2cccs2)cc1. The molecule has 0 atom stereocenters. The molecule has 1 saturated heterocycles. The van der Waals surface area contributed by atoms with E-state index in [9.17, 15) is 0 Å². The van der Waals surface area contributed by atoms with E-state index in [4.69, 9.17) is 17.0 Å². The third-order valence-corrected chi connectivity index (χ3v) is 6.21. The number of thiophene rings is 1. The van der Waals surface area contributed by atoms with Gasteiger partial charge in [-0.15, -0.1) is 11.3 Å². The summed E-state index contributed by atoms with van der Waals surface area (Å²) < 4.78 is 5.46. The number of nitrogens with one attached hydrogen (secondary N) is 2. The fourth-order valence-corrected chi connectivity index (χ4v) is 4.29. The van der Waals surface area contributed by atoms with Crippen LogP contribution in [-0.4, -0.2) is 49.4 Å². The summed E-state index contributed by atoms with van der Waals surface area (Å²) in [6.07, 6.45) is 2.19. The molecular weight excluding hydrogens is 374 g/mol. The molecule has 0 unspecified atom stereocenters. The molecule has 1 aliphatic rings. The largest absolute Gasteiger partial charge is 0.370 e. The maximum Gasteiger partial charge on any atom is 0.173 e. The Bertz CT molecular complexity index is 682. The Morgan fingerprint density at radius 3 is 2.67 bits per heavy atom. The van der Waals surface area contributed by atoms with Gasteiger partial charge in [0.2, 0.25) is 0 Å². The normalized spacial score (nSPS) is 14.9. The molecule has 2 aromatic rings. The lowest BCUT2D eigenvalue weighted by molar-refractivity contribution is -0.908. The van der Waals surface area contributed by atoms with E-state index in [1.807, 2.05) is 0 Å². The maximum absolute atomic E-state index is 5.75. The van der Waals surface area contributed by atoms with Crippen molar-refractivity contribution in [3.05, 3.63) is 52.2 Å². The molecule has 0 saturated carbocycles. The molecule has 1 aromatic carbocycles. The van der Waals surface area contributed by atoms with Gasteiger partial charge in [0, 0.05) is 23.5 Å². The van der Waals surface area contributed by atoms with Crippen LogP contribution in [0.1, 0.15) is 23.8 Å². The second-order valence-corrected chi connectivity index (χ2v) is 8.37. The molecule has 27 heavy (non-hydrogen) atoms. The molecule has 2 heterocycles. The predicted molar refractivity (Wildman–Crippen MR) is 118 cm³/mol. The first-order valence-corrected chi connectivity index (χ1v) is 11.1. The molecule has 2 N–H and O–H groups in total. The van der Waals surface area contributed by atoms with Gasteiger partial charge in [-0.3, -0.25) is 0 Å². The highest BCUT2D eigenvalue weighted by molar-refractivity contribution is 7.80. The van der Waals surface area contributed by atoms with Crippen LogP contribution < -0.4 is 10.2 Å². The summed E-state index contributed by atoms with van der Waals surface area (Å²) in [4.78, 5) is 5.29. The van der Waals surface area contributed by atoms with Crippen molar-refractivity contribution < 1.29 is 9.64 Å². The molecule has 146 valence electrons. The van der Waals surface area contributed by atoms with Crippen LogP contribution in [0.2, 0.25) is 0 Å². The Morgan fingerprint density at radius 1 is 1.22 bits per heavy atom. The monoisotopic (exact) mass is 404 g/mol. The summed E-state index contributed by atoms with van der Waals surface area (Å²) in [5.41, 5.74) is 2.41. The fourth-order valence-electron chi connectivity index (χ4n) is 3.30. The van der Waals surface area contributed by atoms with Gasteiger partial charge in [0.25, 0.3) is 0 Å². The molecule has 0 aliphatic carbocycles. The Hall–Kier alpha value is -1.47. The van der Waals surface area contributed by atoms with Crippen molar-refractivity contribution in [1.29, 1.82) is 0 Å². The summed E-state index contributed by atoms with van der Waals surface area (Å²) in [6, 6.07) is 12.9. The highest BCUT2D eigenvalue weighted by Crippen LogP contribution is 2.15. The lowest BCUT2D eigenvalue weighted by atomic mass is 10.1. The number of rotatable bonds is 8. The van der Waals surface area contributed by atoms with Crippen molar-refractivity contribution >= 4 is 34.4 Å². The topological polar surface area (TPSA) is 28.9 Å². The highest BCUT2D eigenvalue weighted by atomic mass is 32.1. The van der Waals surface area contributed by atoms with Crippen LogP contribution >= 0.6 is 23.6 Å². The van der Waals surface area contributed by atoms with E-state index in [0.29, 0.717) is 0 Å². The van der Waals surface area contributed by atoms with Gasteiger partial charge in [-0.2, -0.15) is 0 Å². The van der Waals surface area contributed by atoms with E-state index in [1.54, 1.807) is 16.2 Å². The lowest BCUT2D eigenvalue weighted by Crippen LogP contribution is -3.14. The quantitative estimate of drug-likeness (QED) is 0.662. The number of benzene rings is 1. The molecular formula is C21H30N3OS2+. The molecule has 6 heteroatoms. The highest BCUT2D eigenvalue weighted by Gasteiger charge is 2.16. The zero-order valence-electron chi connectivity index (χ0n) is 16.1. The number of ether oxygens (including phenoxy) is 1. The van der Waals surface area contributed by atoms with Crippen molar-refractivity contribution in [3.63, 3.8) is 0 Å². The first kappa shape index (κ1) is 20.3. The molecule has 0 amide bonds. The lowest BCUT2D eigenvalue weighted by Gasteiger charge is -2.28. The van der Waals surface area contributed by atoms with Crippen molar-refractivity contribution in [2.45, 2.75) is 26.3 Å². The van der Waals surface area contributed by atoms with Crippen LogP contribution in [0, 0.1) is 0 Å². The summed E-state index contributed by atoms with van der Waals surface area (Å²) >= 11 is 7.54. The molecule has 1 fully saturated rings. The van der Waals surface area contributed by atoms with Crippen LogP contribution in [0.25, 0.3) is 0 Å². The number of anilines is 1. The van der Waals surface area contributed by atoms with E-state index in [0.717, 1.165) is 63.0 Å². The summed E-state index contributed by atoms with van der Waals surface area (Å²) in [5, 5.41) is 6.37. The molecule has 0 spiro atoms. The van der Waals surface area contributed by atoms with Gasteiger partial charge in [0.05, 0.1) is 26.3 Å². The number of quaternary nitrogens is 1. The van der Waals surface area contributed by atoms with Crippen molar-refractivity contribution in [1.82, 2.24) is 4.90 Å². The second kappa shape index (κ2) is 10.8. The van der Waals surface area contributed by atoms with Crippen molar-refractivity contribution in [3.8, 4) is 0 Å². The number of morpholine rings is 1. The minimum Gasteiger partial charge on any atom is -0.370 e. The smallest absolute Gasteiger partial charge is 0.173 e. The summed E-state index contributed by atoms with van der Waals surface area (Å²) in [7, 11) is 0. The van der Waals surface area contributed by atoms with Gasteiger partial charge in [0.15, 0.2) is 5.11 Å². The van der Waals surface area contributed by atoms with Crippen molar-refractivity contribution in [2.24, 2.45) is 0 Å². The third-order valence-electron chi connectivity index (χ3n) is 4.99. The minimum absolute atomic E-state index is 0.810. The zero-order valence-corrected chi connectivity index (χ0v) is 17.7. The van der Waals surface area contributed by atoms with Gasteiger partial charge in [-0.25, -0.2) is 0 Å². The van der Waals surface area contributed by atoms with Crippen LogP contribution in [0.4, 0.5) is 5.69 Å². The van der Waals surface area contributed by atoms with Gasteiger partial charge >= 0.3 is 0 Å². The third kappa shape index (κ3) is 6.57. The number of thiocarbonyl (C=S) groups is 1. The number of nitrogens with zero attached hydrogens (tertiary/aromatic N) is 1. The maximum atomic E-state index is 5.75. The Morgan fingerprint density at radius 2 is 2.00 bits per heavy atom. The molecule has 3 rings (SSSR count). The molecule has 4 nitrogen and oxygen atoms in total. The average Bonchev–Trinajstić information content (AvgIpc) is 3.22. The van der Waals surface area contributed by atoms with E-state index >= 15 is 0 Å². The van der Waals surface area contributed by atoms with Gasteiger partial charge < -0.3 is 19.9 Å².